The lowest BCUT2D eigenvalue weighted by Crippen LogP contribution is -2.11. The summed E-state index contributed by atoms with van der Waals surface area (Å²) in [4.78, 5) is 29.6. The minimum atomic E-state index is -0.650. The van der Waals surface area contributed by atoms with Crippen LogP contribution in [0.2, 0.25) is 0 Å². The molecule has 1 aliphatic heterocycles. The van der Waals surface area contributed by atoms with Crippen molar-refractivity contribution >= 4 is 23.9 Å². The molecular weight excluding hydrogens is 478 g/mol. The second kappa shape index (κ2) is 11.3. The number of cyclic esters (lactones) is 1. The van der Waals surface area contributed by atoms with Gasteiger partial charge >= 0.3 is 11.9 Å². The Bertz CT molecular complexity index is 1350. The van der Waals surface area contributed by atoms with Gasteiger partial charge in [0.1, 0.15) is 0 Å². The lowest BCUT2D eigenvalue weighted by atomic mass is 10.1. The Labute approximate surface area is 213 Å². The van der Waals surface area contributed by atoms with Gasteiger partial charge in [-0.05, 0) is 55.0 Å². The molecule has 3 aromatic rings. The number of aliphatic imine (C=N–C) groups is 1. The zero-order valence-corrected chi connectivity index (χ0v) is 20.8. The molecule has 0 unspecified atom stereocenters. The molecule has 37 heavy (non-hydrogen) atoms. The van der Waals surface area contributed by atoms with Crippen LogP contribution in [0.15, 0.2) is 71.4 Å². The Morgan fingerprint density at radius 3 is 2.22 bits per heavy atom. The maximum Gasteiger partial charge on any atom is 0.363 e. The highest BCUT2D eigenvalue weighted by Crippen LogP contribution is 2.39. The normalized spacial score (nSPS) is 13.6. The summed E-state index contributed by atoms with van der Waals surface area (Å²) in [7, 11) is 4.39. The van der Waals surface area contributed by atoms with Crippen LogP contribution in [0.3, 0.4) is 0 Å². The van der Waals surface area contributed by atoms with E-state index in [9.17, 15) is 9.59 Å². The number of ether oxygens (including phenoxy) is 6. The van der Waals surface area contributed by atoms with Gasteiger partial charge in [0.2, 0.25) is 11.6 Å². The van der Waals surface area contributed by atoms with E-state index in [0.717, 1.165) is 0 Å². The summed E-state index contributed by atoms with van der Waals surface area (Å²) in [5, 5.41) is 0. The van der Waals surface area contributed by atoms with Crippen LogP contribution in [-0.2, 0) is 9.53 Å². The molecule has 0 saturated carbocycles. The van der Waals surface area contributed by atoms with Crippen molar-refractivity contribution in [2.24, 2.45) is 4.99 Å². The molecular formula is C28H25NO8. The number of benzene rings is 3. The van der Waals surface area contributed by atoms with Crippen molar-refractivity contribution in [3.63, 3.8) is 0 Å². The maximum absolute atomic E-state index is 13.0. The Kier molecular flexibility index (Phi) is 7.73. The number of nitrogens with zero attached hydrogens (tertiary/aromatic N) is 1. The fourth-order valence-electron chi connectivity index (χ4n) is 3.60. The number of esters is 2. The van der Waals surface area contributed by atoms with Crippen molar-refractivity contribution < 1.29 is 38.0 Å². The predicted octanol–water partition coefficient (Wildman–Crippen LogP) is 4.67. The standard InChI is InChI=1S/C28H25NO8/c1-5-35-22-14-17(13-20-28(31)37-26(29-20)18-9-7-6-8-10-18)11-12-21(22)36-27(30)19-15-23(32-2)25(34-4)24(16-19)33-3/h6-16H,5H2,1-4H3/b20-13+. The van der Waals surface area contributed by atoms with E-state index in [4.69, 9.17) is 28.4 Å². The van der Waals surface area contributed by atoms with Crippen LogP contribution in [-0.4, -0.2) is 45.8 Å². The third kappa shape index (κ3) is 5.56. The molecule has 0 aliphatic carbocycles. The van der Waals surface area contributed by atoms with Crippen molar-refractivity contribution in [1.29, 1.82) is 0 Å². The van der Waals surface area contributed by atoms with Crippen LogP contribution in [0.25, 0.3) is 6.08 Å². The summed E-state index contributed by atoms with van der Waals surface area (Å²) >= 11 is 0. The number of methoxy groups -OCH3 is 3. The number of hydrogen-bond acceptors (Lipinski definition) is 9. The number of carbonyl (C=O) groups is 2. The van der Waals surface area contributed by atoms with Crippen LogP contribution >= 0.6 is 0 Å². The molecule has 1 heterocycles. The van der Waals surface area contributed by atoms with Gasteiger partial charge in [-0.1, -0.05) is 24.3 Å². The molecule has 0 bridgehead atoms. The van der Waals surface area contributed by atoms with Crippen molar-refractivity contribution in [3.8, 4) is 28.7 Å². The molecule has 1 aliphatic rings. The molecule has 4 rings (SSSR count). The average molecular weight is 504 g/mol. The summed E-state index contributed by atoms with van der Waals surface area (Å²) < 4.78 is 32.5. The van der Waals surface area contributed by atoms with Crippen LogP contribution < -0.4 is 23.7 Å². The molecule has 9 nitrogen and oxygen atoms in total. The minimum Gasteiger partial charge on any atom is -0.493 e. The van der Waals surface area contributed by atoms with Crippen LogP contribution in [0.5, 0.6) is 28.7 Å². The van der Waals surface area contributed by atoms with E-state index in [2.05, 4.69) is 4.99 Å². The Hall–Kier alpha value is -4.79. The van der Waals surface area contributed by atoms with E-state index in [-0.39, 0.29) is 22.9 Å². The lowest BCUT2D eigenvalue weighted by molar-refractivity contribution is -0.129. The van der Waals surface area contributed by atoms with E-state index in [0.29, 0.717) is 40.7 Å². The molecule has 9 heteroatoms. The van der Waals surface area contributed by atoms with Crippen molar-refractivity contribution in [2.45, 2.75) is 6.92 Å². The first-order valence-electron chi connectivity index (χ1n) is 11.3. The first kappa shape index (κ1) is 25.3. The molecule has 0 amide bonds. The van der Waals surface area contributed by atoms with Gasteiger partial charge in [0.25, 0.3) is 0 Å². The highest BCUT2D eigenvalue weighted by molar-refractivity contribution is 6.12. The summed E-state index contributed by atoms with van der Waals surface area (Å²) in [6.07, 6.45) is 1.57. The van der Waals surface area contributed by atoms with Gasteiger partial charge in [0.15, 0.2) is 28.7 Å². The Balaban J connectivity index is 1.61. The van der Waals surface area contributed by atoms with E-state index in [1.54, 1.807) is 43.3 Å². The van der Waals surface area contributed by atoms with E-state index < -0.39 is 11.9 Å². The molecule has 0 atom stereocenters. The fraction of sp³-hybridized carbons (Fsp3) is 0.179. The summed E-state index contributed by atoms with van der Waals surface area (Å²) in [5.41, 5.74) is 1.65. The third-order valence-electron chi connectivity index (χ3n) is 5.32. The van der Waals surface area contributed by atoms with Gasteiger partial charge in [0.05, 0.1) is 33.5 Å². The van der Waals surface area contributed by atoms with Crippen LogP contribution in [0.4, 0.5) is 0 Å². The summed E-state index contributed by atoms with van der Waals surface area (Å²) in [6.45, 7) is 2.13. The molecule has 190 valence electrons. The predicted molar refractivity (Wildman–Crippen MR) is 136 cm³/mol. The van der Waals surface area contributed by atoms with Gasteiger partial charge in [-0.15, -0.1) is 0 Å². The smallest absolute Gasteiger partial charge is 0.363 e. The summed E-state index contributed by atoms with van der Waals surface area (Å²) in [5.74, 6) is 0.536. The number of hydrogen-bond donors (Lipinski definition) is 0. The first-order chi connectivity index (χ1) is 18.0. The Morgan fingerprint density at radius 2 is 1.59 bits per heavy atom. The topological polar surface area (TPSA) is 102 Å². The van der Waals surface area contributed by atoms with E-state index in [1.807, 2.05) is 18.2 Å². The maximum atomic E-state index is 13.0. The van der Waals surface area contributed by atoms with Gasteiger partial charge in [-0.2, -0.15) is 0 Å². The number of carbonyl (C=O) groups excluding carboxylic acids is 2. The SMILES string of the molecule is CCOc1cc(/C=C2/N=C(c3ccccc3)OC2=O)ccc1OC(=O)c1cc(OC)c(OC)c(OC)c1. The second-order valence-corrected chi connectivity index (χ2v) is 7.64. The van der Waals surface area contributed by atoms with Gasteiger partial charge in [0, 0.05) is 5.56 Å². The average Bonchev–Trinajstić information content (AvgIpc) is 3.29. The summed E-state index contributed by atoms with van der Waals surface area (Å²) in [6, 6.07) is 17.0. The zero-order chi connectivity index (χ0) is 26.4. The minimum absolute atomic E-state index is 0.142. The largest absolute Gasteiger partial charge is 0.493 e. The van der Waals surface area contributed by atoms with Crippen LogP contribution in [0, 0.1) is 0 Å². The van der Waals surface area contributed by atoms with Gasteiger partial charge < -0.3 is 28.4 Å². The highest BCUT2D eigenvalue weighted by Gasteiger charge is 2.24. The molecule has 0 N–H and O–H groups in total. The highest BCUT2D eigenvalue weighted by atomic mass is 16.6. The second-order valence-electron chi connectivity index (χ2n) is 7.64. The fourth-order valence-corrected chi connectivity index (χ4v) is 3.60. The van der Waals surface area contributed by atoms with Crippen molar-refractivity contribution in [3.05, 3.63) is 83.1 Å². The molecule has 0 fully saturated rings. The Morgan fingerprint density at radius 1 is 0.892 bits per heavy atom. The lowest BCUT2D eigenvalue weighted by Gasteiger charge is -2.15. The molecule has 0 radical (unpaired) electrons. The van der Waals surface area contributed by atoms with Crippen molar-refractivity contribution in [2.75, 3.05) is 27.9 Å². The molecule has 0 saturated heterocycles. The zero-order valence-electron chi connectivity index (χ0n) is 20.8. The molecule has 0 aromatic heterocycles. The third-order valence-corrected chi connectivity index (χ3v) is 5.32. The molecule has 0 spiro atoms. The van der Waals surface area contributed by atoms with Crippen LogP contribution in [0.1, 0.15) is 28.4 Å². The van der Waals surface area contributed by atoms with Gasteiger partial charge in [-0.25, -0.2) is 14.6 Å². The van der Waals surface area contributed by atoms with Crippen molar-refractivity contribution in [1.82, 2.24) is 0 Å². The van der Waals surface area contributed by atoms with E-state index in [1.165, 1.54) is 33.5 Å². The monoisotopic (exact) mass is 503 g/mol. The quantitative estimate of drug-likeness (QED) is 0.236. The van der Waals surface area contributed by atoms with E-state index >= 15 is 0 Å². The molecule has 3 aromatic carbocycles. The first-order valence-corrected chi connectivity index (χ1v) is 11.3. The van der Waals surface area contributed by atoms with Gasteiger partial charge in [-0.3, -0.25) is 0 Å². The number of rotatable bonds is 9.